The van der Waals surface area contributed by atoms with Gasteiger partial charge in [0.25, 0.3) is 0 Å². The zero-order valence-electron chi connectivity index (χ0n) is 16.7. The average Bonchev–Trinajstić information content (AvgIpc) is 3.34. The topological polar surface area (TPSA) is 100 Å². The minimum atomic E-state index is -3.68. The summed E-state index contributed by atoms with van der Waals surface area (Å²) in [6.45, 7) is 0. The van der Waals surface area contributed by atoms with Crippen LogP contribution in [-0.2, 0) is 32.2 Å². The number of hydrogen-bond acceptors (Lipinski definition) is 4. The van der Waals surface area contributed by atoms with Crippen LogP contribution in [0.25, 0.3) is 21.9 Å². The van der Waals surface area contributed by atoms with Gasteiger partial charge < -0.3 is 0 Å². The average molecular weight is 499 g/mol. The van der Waals surface area contributed by atoms with Crippen molar-refractivity contribution in [3.63, 3.8) is 0 Å². The van der Waals surface area contributed by atoms with E-state index in [9.17, 15) is 18.3 Å². The number of para-hydroxylation sites is 1. The van der Waals surface area contributed by atoms with E-state index in [1.807, 2.05) is 30.3 Å². The number of nitrogens with one attached hydrogen (secondary N) is 1. The number of H-pyrrole nitrogens is 1. The van der Waals surface area contributed by atoms with Crippen LogP contribution in [0.4, 0.5) is 0 Å². The SMILES string of the molecule is O=C(O)[C@@H](Cc1c[nH]c2ccccc12)[AsH]S(=O)(=O)c1ccc2c3c(oc2c1)CCCC3. The molecule has 0 fully saturated rings. The second-order valence-corrected chi connectivity index (χ2v) is 16.0. The Balaban J connectivity index is 1.44. The molecule has 0 radical (unpaired) electrons. The molecule has 1 aliphatic rings. The van der Waals surface area contributed by atoms with Crippen LogP contribution in [0.1, 0.15) is 29.7 Å². The quantitative estimate of drug-likeness (QED) is 0.390. The molecule has 0 spiro atoms. The van der Waals surface area contributed by atoms with Crippen LogP contribution >= 0.6 is 0 Å². The summed E-state index contributed by atoms with van der Waals surface area (Å²) in [7, 11) is -3.68. The number of aromatic nitrogens is 1. The number of furan rings is 1. The molecule has 2 heterocycles. The van der Waals surface area contributed by atoms with Crippen molar-refractivity contribution >= 4 is 50.5 Å². The Morgan fingerprint density at radius 1 is 1.13 bits per heavy atom. The molecule has 160 valence electrons. The molecule has 6 nitrogen and oxygen atoms in total. The molecule has 8 heteroatoms. The fourth-order valence-corrected chi connectivity index (χ4v) is 11.2. The first kappa shape index (κ1) is 20.4. The van der Waals surface area contributed by atoms with E-state index in [0.717, 1.165) is 53.3 Å². The van der Waals surface area contributed by atoms with Crippen molar-refractivity contribution in [3.8, 4) is 0 Å². The molecule has 2 aromatic heterocycles. The summed E-state index contributed by atoms with van der Waals surface area (Å²) in [5, 5.41) is 11.7. The normalized spacial score (nSPS) is 15.6. The molecule has 0 saturated heterocycles. The monoisotopic (exact) mass is 499 g/mol. The van der Waals surface area contributed by atoms with Gasteiger partial charge in [-0.3, -0.25) is 0 Å². The van der Waals surface area contributed by atoms with Gasteiger partial charge in [-0.05, 0) is 0 Å². The Morgan fingerprint density at radius 2 is 1.94 bits per heavy atom. The number of aromatic amines is 1. The van der Waals surface area contributed by atoms with E-state index in [2.05, 4.69) is 4.98 Å². The van der Waals surface area contributed by atoms with Crippen LogP contribution in [0.3, 0.4) is 0 Å². The second-order valence-electron chi connectivity index (χ2n) is 7.94. The standard InChI is InChI=1S/C23H22AsNO5S/c26-23(27)19(11-14-13-25-20-7-3-1-5-16(14)20)24-31(28,29)15-9-10-18-17-6-2-4-8-21(17)30-22(18)12-15/h1,3,5,7,9-10,12-13,19,24-25H,2,4,6,8,11H2,(H,26,27)/t19-/m1/s1. The van der Waals surface area contributed by atoms with Crippen LogP contribution in [0.2, 0.25) is 4.71 Å². The van der Waals surface area contributed by atoms with Gasteiger partial charge in [0.15, 0.2) is 0 Å². The van der Waals surface area contributed by atoms with Gasteiger partial charge >= 0.3 is 186 Å². The van der Waals surface area contributed by atoms with Crippen molar-refractivity contribution in [2.45, 2.75) is 41.7 Å². The van der Waals surface area contributed by atoms with Gasteiger partial charge in [0.1, 0.15) is 0 Å². The number of carboxylic acids is 1. The molecule has 1 aliphatic carbocycles. The molecule has 0 aliphatic heterocycles. The third kappa shape index (κ3) is 3.81. The summed E-state index contributed by atoms with van der Waals surface area (Å²) < 4.78 is 31.4. The summed E-state index contributed by atoms with van der Waals surface area (Å²) in [4.78, 5) is 15.2. The van der Waals surface area contributed by atoms with E-state index < -0.39 is 33.4 Å². The van der Waals surface area contributed by atoms with Crippen molar-refractivity contribution < 1.29 is 22.7 Å². The van der Waals surface area contributed by atoms with E-state index in [4.69, 9.17) is 4.42 Å². The summed E-state index contributed by atoms with van der Waals surface area (Å²) in [5.41, 5.74) is 3.51. The van der Waals surface area contributed by atoms with Crippen LogP contribution in [0.5, 0.6) is 0 Å². The van der Waals surface area contributed by atoms with Crippen molar-refractivity contribution in [3.05, 3.63) is 65.5 Å². The van der Waals surface area contributed by atoms with Crippen molar-refractivity contribution in [1.82, 2.24) is 4.98 Å². The van der Waals surface area contributed by atoms with Crippen LogP contribution < -0.4 is 0 Å². The molecule has 4 aromatic rings. The van der Waals surface area contributed by atoms with Gasteiger partial charge in [0, 0.05) is 0 Å². The fraction of sp³-hybridized carbons (Fsp3) is 0.261. The zero-order valence-corrected chi connectivity index (χ0v) is 19.6. The third-order valence-corrected chi connectivity index (χ3v) is 13.6. The first-order valence-corrected chi connectivity index (χ1v) is 15.5. The van der Waals surface area contributed by atoms with E-state index in [1.165, 1.54) is 5.56 Å². The van der Waals surface area contributed by atoms with Crippen LogP contribution in [0.15, 0.2) is 58.0 Å². The van der Waals surface area contributed by atoms with Gasteiger partial charge in [-0.15, -0.1) is 0 Å². The number of carbonyl (C=O) groups is 1. The maximum atomic E-state index is 13.2. The first-order chi connectivity index (χ1) is 14.9. The van der Waals surface area contributed by atoms with E-state index in [-0.39, 0.29) is 11.3 Å². The molecular weight excluding hydrogens is 477 g/mol. The minimum absolute atomic E-state index is 0.163. The van der Waals surface area contributed by atoms with E-state index in [1.54, 1.807) is 18.3 Å². The Morgan fingerprint density at radius 3 is 2.77 bits per heavy atom. The van der Waals surface area contributed by atoms with Crippen molar-refractivity contribution in [2.75, 3.05) is 0 Å². The number of carboxylic acid groups (broad SMARTS) is 1. The molecule has 0 bridgehead atoms. The van der Waals surface area contributed by atoms with Gasteiger partial charge in [0.2, 0.25) is 0 Å². The number of aliphatic carboxylic acids is 1. The zero-order chi connectivity index (χ0) is 21.6. The Kier molecular flexibility index (Phi) is 5.19. The first-order valence-electron chi connectivity index (χ1n) is 10.3. The summed E-state index contributed by atoms with van der Waals surface area (Å²) >= 11 is -1.87. The molecule has 2 atom stereocenters. The number of benzene rings is 2. The van der Waals surface area contributed by atoms with Gasteiger partial charge in [0.05, 0.1) is 0 Å². The third-order valence-electron chi connectivity index (χ3n) is 5.93. The van der Waals surface area contributed by atoms with Gasteiger partial charge in [-0.2, -0.15) is 0 Å². The molecule has 2 N–H and O–H groups in total. The number of rotatable bonds is 6. The molecule has 0 saturated carbocycles. The molecule has 0 amide bonds. The number of hydrogen-bond donors (Lipinski definition) is 2. The second kappa shape index (κ2) is 7.88. The summed E-state index contributed by atoms with van der Waals surface area (Å²) in [6.07, 6.45) is 5.99. The van der Waals surface area contributed by atoms with E-state index >= 15 is 0 Å². The fourth-order valence-electron chi connectivity index (χ4n) is 4.37. The predicted molar refractivity (Wildman–Crippen MR) is 121 cm³/mol. The van der Waals surface area contributed by atoms with Gasteiger partial charge in [-0.25, -0.2) is 0 Å². The van der Waals surface area contributed by atoms with Gasteiger partial charge in [-0.1, -0.05) is 0 Å². The Labute approximate surface area is 185 Å². The summed E-state index contributed by atoms with van der Waals surface area (Å²) in [6, 6.07) is 12.6. The number of fused-ring (bicyclic) bond motifs is 4. The van der Waals surface area contributed by atoms with Crippen LogP contribution in [-0.4, -0.2) is 39.1 Å². The molecular formula is C23H22AsNO5S. The Bertz CT molecular complexity index is 1400. The molecule has 31 heavy (non-hydrogen) atoms. The van der Waals surface area contributed by atoms with Crippen molar-refractivity contribution in [1.29, 1.82) is 0 Å². The summed E-state index contributed by atoms with van der Waals surface area (Å²) in [5.74, 6) is -0.113. The van der Waals surface area contributed by atoms with Crippen molar-refractivity contribution in [2.24, 2.45) is 0 Å². The number of aryl methyl sites for hydroxylation is 2. The predicted octanol–water partition coefficient (Wildman–Crippen LogP) is 4.03. The Hall–Kier alpha value is -2.50. The molecule has 1 unspecified atom stereocenters. The maximum absolute atomic E-state index is 13.2. The van der Waals surface area contributed by atoms with E-state index in [0.29, 0.717) is 5.58 Å². The van der Waals surface area contributed by atoms with Crippen LogP contribution in [0, 0.1) is 0 Å². The molecule has 2 aromatic carbocycles. The molecule has 5 rings (SSSR count).